The number of carbonyl (C=O) groups excluding carboxylic acids is 1. The van der Waals surface area contributed by atoms with Crippen LogP contribution < -0.4 is 10.6 Å². The van der Waals surface area contributed by atoms with Gasteiger partial charge in [0, 0.05) is 11.6 Å². The van der Waals surface area contributed by atoms with Crippen molar-refractivity contribution in [2.75, 3.05) is 5.32 Å². The second kappa shape index (κ2) is 7.71. The van der Waals surface area contributed by atoms with Crippen LogP contribution in [0.2, 0.25) is 0 Å². The van der Waals surface area contributed by atoms with E-state index >= 15 is 0 Å². The number of para-hydroxylation sites is 1. The number of nitrogens with zero attached hydrogens (tertiary/aromatic N) is 4. The van der Waals surface area contributed by atoms with Crippen molar-refractivity contribution in [3.63, 3.8) is 0 Å². The molecule has 140 valence electrons. The van der Waals surface area contributed by atoms with Crippen LogP contribution in [0.1, 0.15) is 11.6 Å². The summed E-state index contributed by atoms with van der Waals surface area (Å²) < 4.78 is 6.83. The lowest BCUT2D eigenvalue weighted by Crippen LogP contribution is -2.32. The van der Waals surface area contributed by atoms with Crippen LogP contribution in [0.15, 0.2) is 53.2 Å². The van der Waals surface area contributed by atoms with Gasteiger partial charge in [-0.05, 0) is 49.5 Å². The van der Waals surface area contributed by atoms with Crippen molar-refractivity contribution < 1.29 is 9.21 Å². The van der Waals surface area contributed by atoms with Gasteiger partial charge in [-0.3, -0.25) is 10.1 Å². The lowest BCUT2D eigenvalue weighted by Gasteiger charge is -2.11. The summed E-state index contributed by atoms with van der Waals surface area (Å²) in [4.78, 5) is 12.7. The molecule has 1 aromatic carbocycles. The van der Waals surface area contributed by atoms with Crippen LogP contribution in [0.3, 0.4) is 0 Å². The number of fused-ring (bicyclic) bond motifs is 1. The Kier molecular flexibility index (Phi) is 4.96. The van der Waals surface area contributed by atoms with Crippen molar-refractivity contribution in [2.45, 2.75) is 6.92 Å². The first kappa shape index (κ1) is 18.0. The number of hydrogen-bond donors (Lipinski definition) is 2. The molecule has 28 heavy (non-hydrogen) atoms. The van der Waals surface area contributed by atoms with Crippen molar-refractivity contribution >= 4 is 51.3 Å². The lowest BCUT2D eigenvalue weighted by atomic mass is 10.2. The van der Waals surface area contributed by atoms with E-state index < -0.39 is 0 Å². The van der Waals surface area contributed by atoms with Gasteiger partial charge in [-0.1, -0.05) is 23.5 Å². The zero-order chi connectivity index (χ0) is 19.5. The van der Waals surface area contributed by atoms with E-state index in [9.17, 15) is 4.79 Å². The van der Waals surface area contributed by atoms with Crippen molar-refractivity contribution in [3.8, 4) is 10.6 Å². The maximum absolute atomic E-state index is 12.0. The largest absolute Gasteiger partial charge is 0.465 e. The maximum atomic E-state index is 12.0. The van der Waals surface area contributed by atoms with Crippen LogP contribution in [0, 0.1) is 6.92 Å². The summed E-state index contributed by atoms with van der Waals surface area (Å²) in [6.07, 6.45) is 4.45. The van der Waals surface area contributed by atoms with Gasteiger partial charge in [0.25, 0.3) is 0 Å². The molecule has 0 aliphatic rings. The Balaban J connectivity index is 1.49. The molecule has 0 bridgehead atoms. The van der Waals surface area contributed by atoms with E-state index in [1.807, 2.05) is 31.2 Å². The number of benzene rings is 1. The van der Waals surface area contributed by atoms with Crippen molar-refractivity contribution in [1.82, 2.24) is 25.1 Å². The SMILES string of the molecule is Cc1nnc2sc(-c3ccccc3NC(=S)NC(=O)/C=C/c3ccco3)nn12. The normalized spacial score (nSPS) is 11.2. The smallest absolute Gasteiger partial charge is 0.250 e. The molecule has 4 aromatic rings. The van der Waals surface area contributed by atoms with Crippen LogP contribution in [0.4, 0.5) is 5.69 Å². The van der Waals surface area contributed by atoms with E-state index in [-0.39, 0.29) is 11.0 Å². The van der Waals surface area contributed by atoms with Gasteiger partial charge in [-0.2, -0.15) is 9.61 Å². The van der Waals surface area contributed by atoms with E-state index in [0.717, 1.165) is 16.3 Å². The highest BCUT2D eigenvalue weighted by molar-refractivity contribution is 7.80. The summed E-state index contributed by atoms with van der Waals surface area (Å²) >= 11 is 6.68. The van der Waals surface area contributed by atoms with Gasteiger partial charge >= 0.3 is 0 Å². The second-order valence-electron chi connectivity index (χ2n) is 5.69. The summed E-state index contributed by atoms with van der Waals surface area (Å²) in [6.45, 7) is 1.84. The third-order valence-corrected chi connectivity index (χ3v) is 4.87. The number of nitrogens with one attached hydrogen (secondary N) is 2. The molecule has 8 nitrogen and oxygen atoms in total. The molecule has 0 saturated carbocycles. The molecule has 4 rings (SSSR count). The van der Waals surface area contributed by atoms with E-state index in [4.69, 9.17) is 16.6 Å². The summed E-state index contributed by atoms with van der Waals surface area (Å²) in [5.41, 5.74) is 1.57. The highest BCUT2D eigenvalue weighted by Crippen LogP contribution is 2.31. The van der Waals surface area contributed by atoms with Gasteiger partial charge < -0.3 is 9.73 Å². The summed E-state index contributed by atoms with van der Waals surface area (Å²) in [5, 5.41) is 19.2. The average Bonchev–Trinajstić information content (AvgIpc) is 3.40. The molecular formula is C18H14N6O2S2. The van der Waals surface area contributed by atoms with Gasteiger partial charge in [-0.15, -0.1) is 10.2 Å². The van der Waals surface area contributed by atoms with Crippen LogP contribution in [0.5, 0.6) is 0 Å². The molecule has 0 fully saturated rings. The van der Waals surface area contributed by atoms with E-state index in [1.54, 1.807) is 22.7 Å². The lowest BCUT2D eigenvalue weighted by molar-refractivity contribution is -0.115. The fourth-order valence-electron chi connectivity index (χ4n) is 2.45. The Morgan fingerprint density at radius 1 is 1.25 bits per heavy atom. The molecule has 0 radical (unpaired) electrons. The molecule has 1 amide bonds. The molecular weight excluding hydrogens is 396 g/mol. The number of amides is 1. The minimum absolute atomic E-state index is 0.181. The highest BCUT2D eigenvalue weighted by atomic mass is 32.1. The standard InChI is InChI=1S/C18H14N6O2S2/c1-11-21-22-18-24(11)23-16(28-18)13-6-2-3-7-14(13)19-17(27)20-15(25)9-8-12-5-4-10-26-12/h2-10H,1H3,(H2,19,20,25,27)/b9-8+. The Bertz CT molecular complexity index is 1180. The fourth-order valence-corrected chi connectivity index (χ4v) is 3.59. The van der Waals surface area contributed by atoms with E-state index in [0.29, 0.717) is 16.5 Å². The quantitative estimate of drug-likeness (QED) is 0.394. The molecule has 0 unspecified atom stereocenters. The predicted octanol–water partition coefficient (Wildman–Crippen LogP) is 3.28. The van der Waals surface area contributed by atoms with Gasteiger partial charge in [-0.25, -0.2) is 0 Å². The number of anilines is 1. The van der Waals surface area contributed by atoms with Crippen LogP contribution >= 0.6 is 23.6 Å². The number of aryl methyl sites for hydroxylation is 1. The first-order valence-corrected chi connectivity index (χ1v) is 9.44. The maximum Gasteiger partial charge on any atom is 0.250 e. The van der Waals surface area contributed by atoms with Crippen molar-refractivity contribution in [2.24, 2.45) is 0 Å². The van der Waals surface area contributed by atoms with Crippen molar-refractivity contribution in [3.05, 3.63) is 60.3 Å². The summed E-state index contributed by atoms with van der Waals surface area (Å²) in [5.74, 6) is 0.938. The second-order valence-corrected chi connectivity index (χ2v) is 7.05. The summed E-state index contributed by atoms with van der Waals surface area (Å²) in [6, 6.07) is 11.1. The predicted molar refractivity (Wildman–Crippen MR) is 111 cm³/mol. The number of hydrogen-bond acceptors (Lipinski definition) is 7. The average molecular weight is 410 g/mol. The van der Waals surface area contributed by atoms with E-state index in [2.05, 4.69) is 25.9 Å². The molecule has 0 saturated heterocycles. The Labute approximate surface area is 168 Å². The molecule has 0 atom stereocenters. The van der Waals surface area contributed by atoms with Crippen LogP contribution in [-0.4, -0.2) is 30.8 Å². The first-order chi connectivity index (χ1) is 13.6. The molecule has 3 heterocycles. The van der Waals surface area contributed by atoms with E-state index in [1.165, 1.54) is 23.7 Å². The zero-order valence-corrected chi connectivity index (χ0v) is 16.3. The van der Waals surface area contributed by atoms with Gasteiger partial charge in [0.15, 0.2) is 10.9 Å². The number of furan rings is 1. The molecule has 3 aromatic heterocycles. The number of rotatable bonds is 4. The zero-order valence-electron chi connectivity index (χ0n) is 14.6. The third kappa shape index (κ3) is 3.82. The Morgan fingerprint density at radius 3 is 2.89 bits per heavy atom. The van der Waals surface area contributed by atoms with Gasteiger partial charge in [0.05, 0.1) is 12.0 Å². The van der Waals surface area contributed by atoms with Crippen LogP contribution in [-0.2, 0) is 4.79 Å². The number of carbonyl (C=O) groups is 1. The van der Waals surface area contributed by atoms with Gasteiger partial charge in [0.2, 0.25) is 10.9 Å². The number of thiocarbonyl (C=S) groups is 1. The monoisotopic (exact) mass is 410 g/mol. The minimum Gasteiger partial charge on any atom is -0.465 e. The topological polar surface area (TPSA) is 97.3 Å². The Hall–Kier alpha value is -3.37. The fraction of sp³-hybridized carbons (Fsp3) is 0.0556. The first-order valence-electron chi connectivity index (χ1n) is 8.22. The number of aromatic nitrogens is 4. The van der Waals surface area contributed by atoms with Gasteiger partial charge in [0.1, 0.15) is 10.8 Å². The summed E-state index contributed by atoms with van der Waals surface area (Å²) in [7, 11) is 0. The molecule has 0 spiro atoms. The Morgan fingerprint density at radius 2 is 2.11 bits per heavy atom. The molecule has 0 aliphatic carbocycles. The van der Waals surface area contributed by atoms with Crippen molar-refractivity contribution in [1.29, 1.82) is 0 Å². The third-order valence-electron chi connectivity index (χ3n) is 3.73. The highest BCUT2D eigenvalue weighted by Gasteiger charge is 2.14. The molecule has 10 heteroatoms. The molecule has 0 aliphatic heterocycles. The minimum atomic E-state index is -0.360. The van der Waals surface area contributed by atoms with Crippen LogP contribution in [0.25, 0.3) is 21.6 Å². The molecule has 2 N–H and O–H groups in total.